The van der Waals surface area contributed by atoms with Gasteiger partial charge in [-0.05, 0) is 18.8 Å². The number of rotatable bonds is 10. The highest BCUT2D eigenvalue weighted by Gasteiger charge is 2.20. The molecule has 2 N–H and O–H groups in total. The number of ether oxygens (including phenoxy) is 2. The van der Waals surface area contributed by atoms with Gasteiger partial charge in [0.25, 0.3) is 0 Å². The van der Waals surface area contributed by atoms with Crippen LogP contribution in [0.4, 0.5) is 0 Å². The molecular weight excluding hydrogens is 208 g/mol. The molecule has 0 saturated heterocycles. The molecule has 0 unspecified atom stereocenters. The number of hydrogen-bond donors (Lipinski definition) is 2. The van der Waals surface area contributed by atoms with E-state index in [4.69, 9.17) is 9.47 Å². The monoisotopic (exact) mass is 230 g/mol. The van der Waals surface area contributed by atoms with E-state index < -0.39 is 0 Å². The van der Waals surface area contributed by atoms with Crippen LogP contribution in [0.2, 0.25) is 0 Å². The number of hydrogen-bond acceptors (Lipinski definition) is 4. The highest BCUT2D eigenvalue weighted by molar-refractivity contribution is 5.77. The van der Waals surface area contributed by atoms with Crippen LogP contribution >= 0.6 is 0 Å². The number of carbonyl (C=O) groups excluding carboxylic acids is 1. The molecule has 0 heterocycles. The Balaban J connectivity index is 1.77. The van der Waals surface area contributed by atoms with E-state index in [9.17, 15) is 4.79 Å². The van der Waals surface area contributed by atoms with Crippen LogP contribution in [0.5, 0.6) is 0 Å². The summed E-state index contributed by atoms with van der Waals surface area (Å²) in [6.45, 7) is 3.71. The second-order valence-corrected chi connectivity index (χ2v) is 4.04. The average Bonchev–Trinajstić information content (AvgIpc) is 3.08. The fraction of sp³-hybridized carbons (Fsp3) is 0.909. The summed E-state index contributed by atoms with van der Waals surface area (Å²) in [5.74, 6) is 0.789. The minimum absolute atomic E-state index is 0.00567. The molecule has 1 rings (SSSR count). The molecule has 0 aromatic carbocycles. The zero-order valence-electron chi connectivity index (χ0n) is 9.96. The first-order chi connectivity index (χ1) is 7.83. The lowest BCUT2D eigenvalue weighted by molar-refractivity contribution is -0.120. The first kappa shape index (κ1) is 13.4. The molecule has 0 aliphatic heterocycles. The Bertz CT molecular complexity index is 196. The molecule has 1 fully saturated rings. The van der Waals surface area contributed by atoms with Crippen LogP contribution in [0.25, 0.3) is 0 Å². The molecule has 16 heavy (non-hydrogen) atoms. The van der Waals surface area contributed by atoms with Crippen molar-refractivity contribution in [2.24, 2.45) is 5.92 Å². The zero-order chi connectivity index (χ0) is 11.6. The van der Waals surface area contributed by atoms with Gasteiger partial charge in [0.2, 0.25) is 5.91 Å². The van der Waals surface area contributed by atoms with Crippen molar-refractivity contribution in [2.45, 2.75) is 12.8 Å². The van der Waals surface area contributed by atoms with Crippen LogP contribution in [0.1, 0.15) is 12.8 Å². The van der Waals surface area contributed by atoms with Gasteiger partial charge in [0.1, 0.15) is 0 Å². The molecule has 0 bridgehead atoms. The molecule has 1 aliphatic rings. The van der Waals surface area contributed by atoms with Crippen molar-refractivity contribution >= 4 is 5.91 Å². The number of nitrogens with one attached hydrogen (secondary N) is 2. The molecule has 5 nitrogen and oxygen atoms in total. The standard InChI is InChI=1S/C11H22N2O3/c1-15-6-4-12-8-11(14)13-5-7-16-9-10-2-3-10/h10,12H,2-9H2,1H3,(H,13,14). The van der Waals surface area contributed by atoms with Gasteiger partial charge in [0.05, 0.1) is 19.8 Å². The Labute approximate surface area is 96.9 Å². The normalized spacial score (nSPS) is 15.1. The average molecular weight is 230 g/mol. The van der Waals surface area contributed by atoms with E-state index in [1.165, 1.54) is 12.8 Å². The van der Waals surface area contributed by atoms with Gasteiger partial charge in [0.15, 0.2) is 0 Å². The van der Waals surface area contributed by atoms with Crippen molar-refractivity contribution in [3.8, 4) is 0 Å². The minimum atomic E-state index is 0.00567. The van der Waals surface area contributed by atoms with E-state index in [0.29, 0.717) is 32.8 Å². The van der Waals surface area contributed by atoms with E-state index in [2.05, 4.69) is 10.6 Å². The Kier molecular flexibility index (Phi) is 7.12. The Morgan fingerprint density at radius 3 is 2.81 bits per heavy atom. The first-order valence-corrected chi connectivity index (χ1v) is 5.87. The van der Waals surface area contributed by atoms with E-state index in [1.807, 2.05) is 0 Å². The quantitative estimate of drug-likeness (QED) is 0.509. The second-order valence-electron chi connectivity index (χ2n) is 4.04. The largest absolute Gasteiger partial charge is 0.383 e. The van der Waals surface area contributed by atoms with E-state index in [-0.39, 0.29) is 5.91 Å². The lowest BCUT2D eigenvalue weighted by Crippen LogP contribution is -2.36. The van der Waals surface area contributed by atoms with Crippen molar-refractivity contribution in [3.63, 3.8) is 0 Å². The topological polar surface area (TPSA) is 59.6 Å². The Hall–Kier alpha value is -0.650. The molecule has 5 heteroatoms. The summed E-state index contributed by atoms with van der Waals surface area (Å²) in [7, 11) is 1.64. The lowest BCUT2D eigenvalue weighted by Gasteiger charge is -2.06. The summed E-state index contributed by atoms with van der Waals surface area (Å²) in [5, 5.41) is 5.76. The Morgan fingerprint density at radius 2 is 2.12 bits per heavy atom. The highest BCUT2D eigenvalue weighted by atomic mass is 16.5. The third kappa shape index (κ3) is 7.62. The van der Waals surface area contributed by atoms with Crippen LogP contribution < -0.4 is 10.6 Å². The highest BCUT2D eigenvalue weighted by Crippen LogP contribution is 2.28. The van der Waals surface area contributed by atoms with Crippen molar-refractivity contribution in [2.75, 3.05) is 46.6 Å². The third-order valence-corrected chi connectivity index (χ3v) is 2.39. The summed E-state index contributed by atoms with van der Waals surface area (Å²) in [4.78, 5) is 11.2. The molecule has 0 spiro atoms. The number of carbonyl (C=O) groups is 1. The second kappa shape index (κ2) is 8.50. The van der Waals surface area contributed by atoms with Crippen LogP contribution in [0, 0.1) is 5.92 Å². The van der Waals surface area contributed by atoms with Gasteiger partial charge in [-0.1, -0.05) is 0 Å². The molecule has 1 amide bonds. The summed E-state index contributed by atoms with van der Waals surface area (Å²) < 4.78 is 10.2. The number of amides is 1. The predicted octanol–water partition coefficient (Wildman–Crippen LogP) is -0.235. The maximum atomic E-state index is 11.2. The first-order valence-electron chi connectivity index (χ1n) is 5.87. The van der Waals surface area contributed by atoms with Gasteiger partial charge in [-0.3, -0.25) is 4.79 Å². The van der Waals surface area contributed by atoms with Crippen molar-refractivity contribution in [1.29, 1.82) is 0 Å². The minimum Gasteiger partial charge on any atom is -0.383 e. The fourth-order valence-electron chi connectivity index (χ4n) is 1.24. The van der Waals surface area contributed by atoms with E-state index >= 15 is 0 Å². The maximum absolute atomic E-state index is 11.2. The van der Waals surface area contributed by atoms with Crippen molar-refractivity contribution < 1.29 is 14.3 Å². The molecule has 0 aromatic rings. The molecular formula is C11H22N2O3. The zero-order valence-corrected chi connectivity index (χ0v) is 9.96. The van der Waals surface area contributed by atoms with Crippen LogP contribution in [-0.4, -0.2) is 52.5 Å². The van der Waals surface area contributed by atoms with E-state index in [1.54, 1.807) is 7.11 Å². The van der Waals surface area contributed by atoms with Crippen molar-refractivity contribution in [1.82, 2.24) is 10.6 Å². The SMILES string of the molecule is COCCNCC(=O)NCCOCC1CC1. The van der Waals surface area contributed by atoms with Crippen LogP contribution in [0.3, 0.4) is 0 Å². The van der Waals surface area contributed by atoms with Crippen molar-refractivity contribution in [3.05, 3.63) is 0 Å². The molecule has 1 aliphatic carbocycles. The molecule has 1 saturated carbocycles. The summed E-state index contributed by atoms with van der Waals surface area (Å²) in [6.07, 6.45) is 2.60. The maximum Gasteiger partial charge on any atom is 0.234 e. The van der Waals surface area contributed by atoms with Gasteiger partial charge < -0.3 is 20.1 Å². The van der Waals surface area contributed by atoms with Gasteiger partial charge in [-0.25, -0.2) is 0 Å². The smallest absolute Gasteiger partial charge is 0.234 e. The molecule has 94 valence electrons. The van der Waals surface area contributed by atoms with Gasteiger partial charge in [-0.2, -0.15) is 0 Å². The third-order valence-electron chi connectivity index (χ3n) is 2.39. The summed E-state index contributed by atoms with van der Waals surface area (Å²) in [6, 6.07) is 0. The Morgan fingerprint density at radius 1 is 1.31 bits per heavy atom. The van der Waals surface area contributed by atoms with Crippen LogP contribution in [0.15, 0.2) is 0 Å². The molecule has 0 atom stereocenters. The predicted molar refractivity (Wildman–Crippen MR) is 61.3 cm³/mol. The lowest BCUT2D eigenvalue weighted by atomic mass is 10.5. The van der Waals surface area contributed by atoms with E-state index in [0.717, 1.165) is 12.5 Å². The number of methoxy groups -OCH3 is 1. The van der Waals surface area contributed by atoms with Gasteiger partial charge in [-0.15, -0.1) is 0 Å². The van der Waals surface area contributed by atoms with Crippen LogP contribution in [-0.2, 0) is 14.3 Å². The summed E-state index contributed by atoms with van der Waals surface area (Å²) >= 11 is 0. The molecule has 0 aromatic heterocycles. The van der Waals surface area contributed by atoms with Gasteiger partial charge in [0, 0.05) is 26.8 Å². The van der Waals surface area contributed by atoms with Gasteiger partial charge >= 0.3 is 0 Å². The fourth-order valence-corrected chi connectivity index (χ4v) is 1.24. The molecule has 0 radical (unpaired) electrons. The summed E-state index contributed by atoms with van der Waals surface area (Å²) in [5.41, 5.74) is 0.